The first kappa shape index (κ1) is 18.4. The van der Waals surface area contributed by atoms with E-state index in [2.05, 4.69) is 6.42 Å². The monoisotopic (exact) mass is 355 g/mol. The summed E-state index contributed by atoms with van der Waals surface area (Å²) in [5.41, 5.74) is 1.12. The van der Waals surface area contributed by atoms with Gasteiger partial charge < -0.3 is 9.47 Å². The van der Waals surface area contributed by atoms with Crippen molar-refractivity contribution in [3.05, 3.63) is 65.8 Å². The maximum Gasteiger partial charge on any atom is 0.346 e. The van der Waals surface area contributed by atoms with Crippen LogP contribution in [0.25, 0.3) is 0 Å². The molecule has 0 N–H and O–H groups in total. The molecule has 0 unspecified atom stereocenters. The van der Waals surface area contributed by atoms with E-state index in [-0.39, 0.29) is 5.56 Å². The van der Waals surface area contributed by atoms with Crippen LogP contribution in [-0.2, 0) is 6.42 Å². The molecule has 137 valence electrons. The Bertz CT molecular complexity index is 734. The molecule has 0 amide bonds. The number of ether oxygens (including phenoxy) is 2. The highest BCUT2D eigenvalue weighted by Gasteiger charge is 2.16. The van der Waals surface area contributed by atoms with Gasteiger partial charge in [0.15, 0.2) is 0 Å². The fourth-order valence-corrected chi connectivity index (χ4v) is 3.33. The van der Waals surface area contributed by atoms with Crippen molar-refractivity contribution in [2.45, 2.75) is 38.5 Å². The van der Waals surface area contributed by atoms with Gasteiger partial charge in [0.2, 0.25) is 0 Å². The van der Waals surface area contributed by atoms with Gasteiger partial charge in [0.25, 0.3) is 0 Å². The summed E-state index contributed by atoms with van der Waals surface area (Å²) in [6.45, 7) is 0. The number of esters is 1. The second-order valence-electron chi connectivity index (χ2n) is 6.73. The Morgan fingerprint density at radius 1 is 1.08 bits per heavy atom. The third-order valence-electron chi connectivity index (χ3n) is 4.93. The number of carbonyl (C=O) groups is 1. The molecule has 0 atom stereocenters. The highest BCUT2D eigenvalue weighted by Crippen LogP contribution is 2.27. The molecule has 0 bridgehead atoms. The molecule has 1 saturated carbocycles. The normalized spacial score (nSPS) is 14.8. The maximum absolute atomic E-state index is 13.9. The minimum atomic E-state index is -0.712. The third-order valence-corrected chi connectivity index (χ3v) is 4.93. The smallest absolute Gasteiger partial charge is 0.346 e. The average molecular weight is 355 g/mol. The number of halogens is 1. The first-order valence-corrected chi connectivity index (χ1v) is 9.12. The van der Waals surface area contributed by atoms with Crippen molar-refractivity contribution in [1.82, 2.24) is 0 Å². The molecule has 1 aliphatic carbocycles. The molecule has 0 heterocycles. The van der Waals surface area contributed by atoms with Gasteiger partial charge in [-0.3, -0.25) is 0 Å². The van der Waals surface area contributed by atoms with Gasteiger partial charge in [-0.1, -0.05) is 25.0 Å². The van der Waals surface area contributed by atoms with Gasteiger partial charge in [0.1, 0.15) is 17.3 Å². The van der Waals surface area contributed by atoms with Crippen LogP contribution in [0.3, 0.4) is 0 Å². The minimum absolute atomic E-state index is 0.107. The topological polar surface area (TPSA) is 35.5 Å². The highest BCUT2D eigenvalue weighted by atomic mass is 19.1. The lowest BCUT2D eigenvalue weighted by atomic mass is 9.85. The average Bonchev–Trinajstić information content (AvgIpc) is 2.68. The summed E-state index contributed by atoms with van der Waals surface area (Å²) in [5, 5.41) is 0. The molecule has 1 radical (unpaired) electrons. The molecule has 26 heavy (non-hydrogen) atoms. The van der Waals surface area contributed by atoms with E-state index < -0.39 is 11.8 Å². The van der Waals surface area contributed by atoms with Crippen LogP contribution < -0.4 is 9.47 Å². The fraction of sp³-hybridized carbons (Fsp3) is 0.364. The van der Waals surface area contributed by atoms with Crippen LogP contribution in [0.15, 0.2) is 42.5 Å². The van der Waals surface area contributed by atoms with Crippen LogP contribution in [0.5, 0.6) is 11.5 Å². The van der Waals surface area contributed by atoms with Crippen molar-refractivity contribution in [2.75, 3.05) is 7.11 Å². The number of methoxy groups -OCH3 is 1. The lowest BCUT2D eigenvalue weighted by molar-refractivity contribution is 0.0730. The quantitative estimate of drug-likeness (QED) is 0.515. The summed E-state index contributed by atoms with van der Waals surface area (Å²) >= 11 is 0. The number of rotatable bonds is 6. The van der Waals surface area contributed by atoms with Crippen molar-refractivity contribution in [3.63, 3.8) is 0 Å². The first-order valence-electron chi connectivity index (χ1n) is 9.12. The van der Waals surface area contributed by atoms with Gasteiger partial charge in [-0.2, -0.15) is 0 Å². The lowest BCUT2D eigenvalue weighted by Crippen LogP contribution is -2.11. The van der Waals surface area contributed by atoms with Crippen molar-refractivity contribution in [3.8, 4) is 11.5 Å². The summed E-state index contributed by atoms with van der Waals surface area (Å²) in [6.07, 6.45) is 9.68. The van der Waals surface area contributed by atoms with E-state index in [1.54, 1.807) is 12.1 Å². The first-order chi connectivity index (χ1) is 12.7. The molecule has 0 spiro atoms. The van der Waals surface area contributed by atoms with Gasteiger partial charge in [0.05, 0.1) is 12.7 Å². The Labute approximate surface area is 154 Å². The van der Waals surface area contributed by atoms with Gasteiger partial charge in [-0.15, -0.1) is 0 Å². The molecule has 1 aliphatic rings. The zero-order valence-electron chi connectivity index (χ0n) is 15.0. The summed E-state index contributed by atoms with van der Waals surface area (Å²) < 4.78 is 24.2. The second-order valence-corrected chi connectivity index (χ2v) is 6.73. The van der Waals surface area contributed by atoms with Crippen molar-refractivity contribution in [2.24, 2.45) is 5.92 Å². The van der Waals surface area contributed by atoms with Crippen LogP contribution in [0.1, 0.15) is 48.0 Å². The number of carbonyl (C=O) groups excluding carboxylic acids is 1. The molecule has 3 nitrogen and oxygen atoms in total. The number of aryl methyl sites for hydroxylation is 1. The largest absolute Gasteiger partial charge is 0.497 e. The Morgan fingerprint density at radius 3 is 2.42 bits per heavy atom. The fourth-order valence-electron chi connectivity index (χ4n) is 3.33. The molecule has 2 aromatic rings. The Morgan fingerprint density at radius 2 is 1.77 bits per heavy atom. The number of hydrogen-bond acceptors (Lipinski definition) is 3. The molecule has 0 aromatic heterocycles. The molecular formula is C22H24FO3. The zero-order valence-corrected chi connectivity index (χ0v) is 15.0. The molecule has 1 fully saturated rings. The predicted molar refractivity (Wildman–Crippen MR) is 98.9 cm³/mol. The van der Waals surface area contributed by atoms with Crippen LogP contribution in [0, 0.1) is 18.2 Å². The van der Waals surface area contributed by atoms with E-state index in [1.165, 1.54) is 63.0 Å². The highest BCUT2D eigenvalue weighted by molar-refractivity contribution is 5.91. The number of hydrogen-bond donors (Lipinski definition) is 0. The van der Waals surface area contributed by atoms with E-state index in [9.17, 15) is 9.18 Å². The zero-order chi connectivity index (χ0) is 18.4. The molecule has 4 heteroatoms. The molecule has 0 saturated heterocycles. The SMILES string of the molecule is COc1ccc(C(=O)Oc2ccc(CCC3CC[CH]CC3)cc2)c(F)c1. The third kappa shape index (κ3) is 4.84. The molecule has 0 aliphatic heterocycles. The van der Waals surface area contributed by atoms with Crippen molar-refractivity contribution >= 4 is 5.97 Å². The number of benzene rings is 2. The van der Waals surface area contributed by atoms with E-state index in [0.29, 0.717) is 11.5 Å². The van der Waals surface area contributed by atoms with Crippen molar-refractivity contribution < 1.29 is 18.7 Å². The van der Waals surface area contributed by atoms with E-state index >= 15 is 0 Å². The van der Waals surface area contributed by atoms with E-state index in [1.807, 2.05) is 12.1 Å². The Hall–Kier alpha value is -2.36. The van der Waals surface area contributed by atoms with Crippen molar-refractivity contribution in [1.29, 1.82) is 0 Å². The summed E-state index contributed by atoms with van der Waals surface area (Å²) in [5.74, 6) is 0.225. The van der Waals surface area contributed by atoms with Gasteiger partial charge in [-0.25, -0.2) is 9.18 Å². The van der Waals surface area contributed by atoms with Crippen LogP contribution in [0.2, 0.25) is 0 Å². The Balaban J connectivity index is 1.55. The Kier molecular flexibility index (Phi) is 6.26. The second kappa shape index (κ2) is 8.84. The summed E-state index contributed by atoms with van der Waals surface area (Å²) in [6, 6.07) is 11.6. The lowest BCUT2D eigenvalue weighted by Gasteiger charge is -2.21. The molecular weight excluding hydrogens is 331 g/mol. The van der Waals surface area contributed by atoms with Gasteiger partial charge >= 0.3 is 5.97 Å². The van der Waals surface area contributed by atoms with E-state index in [4.69, 9.17) is 9.47 Å². The maximum atomic E-state index is 13.9. The van der Waals surface area contributed by atoms with Crippen LogP contribution >= 0.6 is 0 Å². The molecule has 3 rings (SSSR count). The summed E-state index contributed by atoms with van der Waals surface area (Å²) in [7, 11) is 1.45. The van der Waals surface area contributed by atoms with Gasteiger partial charge in [-0.05, 0) is 67.9 Å². The van der Waals surface area contributed by atoms with Crippen LogP contribution in [0.4, 0.5) is 4.39 Å². The standard InChI is InChI=1S/C22H24FO3/c1-25-19-13-14-20(21(23)15-19)22(24)26-18-11-9-17(10-12-18)8-7-16-5-3-2-4-6-16/h2,9-16H,3-8H2,1H3. The van der Waals surface area contributed by atoms with Crippen LogP contribution in [-0.4, -0.2) is 13.1 Å². The summed E-state index contributed by atoms with van der Waals surface area (Å²) in [4.78, 5) is 12.1. The van der Waals surface area contributed by atoms with E-state index in [0.717, 1.165) is 12.3 Å². The molecule has 2 aromatic carbocycles. The minimum Gasteiger partial charge on any atom is -0.497 e. The predicted octanol–water partition coefficient (Wildman–Crippen LogP) is 5.38. The van der Waals surface area contributed by atoms with Gasteiger partial charge in [0, 0.05) is 6.07 Å².